The summed E-state index contributed by atoms with van der Waals surface area (Å²) in [6, 6.07) is -0.962. The summed E-state index contributed by atoms with van der Waals surface area (Å²) in [6.07, 6.45) is 0. The van der Waals surface area contributed by atoms with Crippen LogP contribution in [-0.2, 0) is 23.5 Å². The zero-order valence-corrected chi connectivity index (χ0v) is 13.8. The summed E-state index contributed by atoms with van der Waals surface area (Å²) in [4.78, 5) is 41.9. The third kappa shape index (κ3) is 3.50. The molecule has 11 nitrogen and oxygen atoms in total. The minimum atomic E-state index is -4.16. The van der Waals surface area contributed by atoms with Gasteiger partial charge in [-0.15, -0.1) is 11.3 Å². The van der Waals surface area contributed by atoms with Crippen molar-refractivity contribution in [3.8, 4) is 0 Å². The topological polar surface area (TPSA) is 156 Å². The van der Waals surface area contributed by atoms with Crippen molar-refractivity contribution in [1.29, 1.82) is 0 Å². The van der Waals surface area contributed by atoms with E-state index < -0.39 is 25.6 Å². The van der Waals surface area contributed by atoms with E-state index >= 15 is 0 Å². The number of hydrogen-bond acceptors (Lipinski definition) is 9. The average Bonchev–Trinajstić information content (AvgIpc) is 2.93. The van der Waals surface area contributed by atoms with Crippen LogP contribution in [0.1, 0.15) is 5.69 Å². The van der Waals surface area contributed by atoms with Crippen molar-refractivity contribution in [2.75, 3.05) is 26.5 Å². The summed E-state index contributed by atoms with van der Waals surface area (Å²) in [5, 5.41) is 7.70. The van der Waals surface area contributed by atoms with E-state index in [1.165, 1.54) is 12.5 Å². The Hall–Kier alpha value is -2.01. The Morgan fingerprint density at radius 1 is 1.65 bits per heavy atom. The highest BCUT2D eigenvalue weighted by Gasteiger charge is 2.48. The van der Waals surface area contributed by atoms with E-state index in [1.54, 1.807) is 0 Å². The fourth-order valence-electron chi connectivity index (χ4n) is 1.76. The second-order valence-electron chi connectivity index (χ2n) is 4.31. The molecule has 1 aliphatic rings. The lowest BCUT2D eigenvalue weighted by molar-refractivity contribution is -0.140. The van der Waals surface area contributed by atoms with E-state index in [0.717, 1.165) is 18.4 Å². The molecule has 0 saturated carbocycles. The van der Waals surface area contributed by atoms with Crippen molar-refractivity contribution in [2.45, 2.75) is 6.04 Å². The summed E-state index contributed by atoms with van der Waals surface area (Å²) >= 11 is 1.11. The van der Waals surface area contributed by atoms with Crippen LogP contribution in [0.4, 0.5) is 5.13 Å². The Balaban J connectivity index is 2.06. The highest BCUT2D eigenvalue weighted by Crippen LogP contribution is 2.48. The summed E-state index contributed by atoms with van der Waals surface area (Å²) in [5.41, 5.74) is 5.53. The number of β-lactam (4-membered cyclic amide) rings is 1. The lowest BCUT2D eigenvalue weighted by atomic mass is 10.1. The fraction of sp³-hybridized carbons (Fsp3) is 0.400. The molecule has 1 aliphatic heterocycles. The first-order valence-electron chi connectivity index (χ1n) is 6.14. The maximum atomic E-state index is 12.2. The van der Waals surface area contributed by atoms with Crippen molar-refractivity contribution >= 4 is 41.7 Å². The molecule has 0 spiro atoms. The van der Waals surface area contributed by atoms with Crippen LogP contribution >= 0.6 is 19.1 Å². The van der Waals surface area contributed by atoms with Crippen LogP contribution in [0.3, 0.4) is 0 Å². The maximum Gasteiger partial charge on any atom is 0.434 e. The first kappa shape index (κ1) is 17.3. The second-order valence-corrected chi connectivity index (χ2v) is 7.03. The maximum absolute atomic E-state index is 12.2. The molecule has 4 N–H and O–H groups in total. The number of amides is 2. The number of hydrogen-bond donors (Lipinski definition) is 3. The van der Waals surface area contributed by atoms with E-state index in [4.69, 9.17) is 5.73 Å². The molecule has 13 heteroatoms. The van der Waals surface area contributed by atoms with Gasteiger partial charge in [0.15, 0.2) is 10.8 Å². The van der Waals surface area contributed by atoms with Gasteiger partial charge >= 0.3 is 7.75 Å². The van der Waals surface area contributed by atoms with Crippen molar-refractivity contribution < 1.29 is 28.4 Å². The molecule has 0 bridgehead atoms. The van der Waals surface area contributed by atoms with Crippen LogP contribution < -0.4 is 11.1 Å². The average molecular weight is 363 g/mol. The van der Waals surface area contributed by atoms with Gasteiger partial charge < -0.3 is 20.8 Å². The molecule has 1 unspecified atom stereocenters. The minimum absolute atomic E-state index is 0.161. The molecule has 23 heavy (non-hydrogen) atoms. The Morgan fingerprint density at radius 2 is 2.35 bits per heavy atom. The van der Waals surface area contributed by atoms with Crippen LogP contribution in [0.5, 0.6) is 0 Å². The van der Waals surface area contributed by atoms with Gasteiger partial charge in [-0.05, 0) is 0 Å². The number of aromatic nitrogens is 1. The first-order valence-corrected chi connectivity index (χ1v) is 8.55. The summed E-state index contributed by atoms with van der Waals surface area (Å²) in [5.74, 6) is -1.46. The second kappa shape index (κ2) is 6.62. The summed E-state index contributed by atoms with van der Waals surface area (Å²) in [7, 11) is -1.90. The Morgan fingerprint density at radius 3 is 2.83 bits per heavy atom. The number of carbonyl (C=O) groups excluding carboxylic acids is 2. The lowest BCUT2D eigenvalue weighted by Gasteiger charge is -2.39. The molecule has 126 valence electrons. The van der Waals surface area contributed by atoms with Crippen LogP contribution in [-0.4, -0.2) is 58.9 Å². The normalized spacial score (nSPS) is 20.7. The van der Waals surface area contributed by atoms with Gasteiger partial charge in [-0.3, -0.25) is 14.1 Å². The molecule has 1 saturated heterocycles. The zero-order chi connectivity index (χ0) is 17.2. The minimum Gasteiger partial charge on any atom is -0.398 e. The number of carbonyl (C=O) groups is 2. The SMILES string of the molecule is CON=C(C(=O)N[C@H]1CN(P(=O)(O)OC)C1=O)c1csc(N)n1. The van der Waals surface area contributed by atoms with Gasteiger partial charge in [0.2, 0.25) is 0 Å². The molecule has 2 atom stereocenters. The third-order valence-corrected chi connectivity index (χ3v) is 5.04. The summed E-state index contributed by atoms with van der Waals surface area (Å²) < 4.78 is 16.5. The molecule has 0 aliphatic carbocycles. The van der Waals surface area contributed by atoms with E-state index in [9.17, 15) is 19.0 Å². The summed E-state index contributed by atoms with van der Waals surface area (Å²) in [6.45, 7) is -0.161. The zero-order valence-electron chi connectivity index (χ0n) is 12.1. The first-order chi connectivity index (χ1) is 10.8. The van der Waals surface area contributed by atoms with E-state index in [-0.39, 0.29) is 23.1 Å². The van der Waals surface area contributed by atoms with Gasteiger partial charge in [0, 0.05) is 12.5 Å². The highest BCUT2D eigenvalue weighted by atomic mass is 32.1. The van der Waals surface area contributed by atoms with E-state index in [2.05, 4.69) is 24.8 Å². The largest absolute Gasteiger partial charge is 0.434 e. The number of nitrogens with two attached hydrogens (primary N) is 1. The van der Waals surface area contributed by atoms with Crippen molar-refractivity contribution in [3.63, 3.8) is 0 Å². The number of anilines is 1. The van der Waals surface area contributed by atoms with Gasteiger partial charge in [0.25, 0.3) is 11.8 Å². The fourth-order valence-corrected chi connectivity index (χ4v) is 3.26. The molecular weight excluding hydrogens is 349 g/mol. The molecule has 2 heterocycles. The van der Waals surface area contributed by atoms with Crippen LogP contribution in [0.2, 0.25) is 0 Å². The number of nitrogen functional groups attached to an aromatic ring is 1. The van der Waals surface area contributed by atoms with Gasteiger partial charge in [0.1, 0.15) is 18.8 Å². The third-order valence-electron chi connectivity index (χ3n) is 2.92. The van der Waals surface area contributed by atoms with Gasteiger partial charge in [-0.1, -0.05) is 5.16 Å². The number of nitrogens with zero attached hydrogens (tertiary/aromatic N) is 3. The molecule has 2 rings (SSSR count). The number of oxime groups is 1. The van der Waals surface area contributed by atoms with Crippen molar-refractivity contribution in [1.82, 2.24) is 15.0 Å². The van der Waals surface area contributed by atoms with Crippen LogP contribution in [0, 0.1) is 0 Å². The van der Waals surface area contributed by atoms with Crippen LogP contribution in [0.25, 0.3) is 0 Å². The number of nitrogens with one attached hydrogen (secondary N) is 1. The quantitative estimate of drug-likeness (QED) is 0.255. The predicted molar refractivity (Wildman–Crippen MR) is 80.6 cm³/mol. The van der Waals surface area contributed by atoms with Crippen molar-refractivity contribution in [2.24, 2.45) is 5.16 Å². The van der Waals surface area contributed by atoms with Gasteiger partial charge in [0.05, 0.1) is 6.54 Å². The van der Waals surface area contributed by atoms with Gasteiger partial charge in [-0.2, -0.15) is 0 Å². The number of thiazole rings is 1. The molecule has 1 fully saturated rings. The molecule has 1 aromatic rings. The van der Waals surface area contributed by atoms with Crippen molar-refractivity contribution in [3.05, 3.63) is 11.1 Å². The molecule has 1 aromatic heterocycles. The molecule has 0 aromatic carbocycles. The lowest BCUT2D eigenvalue weighted by Crippen LogP contribution is -2.63. The Labute approximate surface area is 134 Å². The standard InChI is InChI=1S/C10H14N5O6PS/c1-20-14-7(6-4-23-10(11)13-6)8(16)12-5-3-15(9(5)17)22(18,19)21-2/h4-5H,3H2,1-2H3,(H2,11,13)(H,12,16)(H,18,19)/t5-/m0/s1. The monoisotopic (exact) mass is 363 g/mol. The Kier molecular flexibility index (Phi) is 5.00. The predicted octanol–water partition coefficient (Wildman–Crippen LogP) is -0.850. The molecular formula is C10H14N5O6PS. The Bertz CT molecular complexity index is 706. The highest BCUT2D eigenvalue weighted by molar-refractivity contribution is 7.51. The van der Waals surface area contributed by atoms with Crippen LogP contribution in [0.15, 0.2) is 10.5 Å². The smallest absolute Gasteiger partial charge is 0.398 e. The van der Waals surface area contributed by atoms with E-state index in [1.807, 2.05) is 0 Å². The van der Waals surface area contributed by atoms with E-state index in [0.29, 0.717) is 4.67 Å². The molecule has 2 amide bonds. The number of rotatable bonds is 6. The molecule has 0 radical (unpaired) electrons. The van der Waals surface area contributed by atoms with Gasteiger partial charge in [-0.25, -0.2) is 14.2 Å².